The number of esters is 1. The Labute approximate surface area is 102 Å². The monoisotopic (exact) mass is 243 g/mol. The van der Waals surface area contributed by atoms with Crippen LogP contribution in [-0.2, 0) is 19.1 Å². The molecule has 0 rings (SSSR count). The summed E-state index contributed by atoms with van der Waals surface area (Å²) in [5.41, 5.74) is -0.586. The molecule has 1 amide bonds. The number of carbonyl (C=O) groups excluding carboxylic acids is 2. The lowest BCUT2D eigenvalue weighted by Gasteiger charge is -2.14. The van der Waals surface area contributed by atoms with Crippen molar-refractivity contribution in [3.63, 3.8) is 0 Å². The molecule has 0 aromatic rings. The molecular formula is C12H21NO4. The highest BCUT2D eigenvalue weighted by atomic mass is 16.5. The van der Waals surface area contributed by atoms with Gasteiger partial charge in [-0.3, -0.25) is 9.59 Å². The van der Waals surface area contributed by atoms with Gasteiger partial charge in [0.25, 0.3) is 5.91 Å². The molecule has 0 saturated carbocycles. The van der Waals surface area contributed by atoms with Crippen molar-refractivity contribution in [3.8, 4) is 0 Å². The van der Waals surface area contributed by atoms with Crippen molar-refractivity contribution in [2.45, 2.75) is 41.0 Å². The lowest BCUT2D eigenvalue weighted by molar-refractivity contribution is -0.141. The van der Waals surface area contributed by atoms with Gasteiger partial charge in [0.1, 0.15) is 6.42 Å². The van der Waals surface area contributed by atoms with Crippen LogP contribution in [-0.4, -0.2) is 31.0 Å². The van der Waals surface area contributed by atoms with Gasteiger partial charge < -0.3 is 9.47 Å². The van der Waals surface area contributed by atoms with Gasteiger partial charge in [-0.05, 0) is 13.8 Å². The van der Waals surface area contributed by atoms with Crippen LogP contribution in [0.3, 0.4) is 0 Å². The van der Waals surface area contributed by atoms with Crippen molar-refractivity contribution in [1.29, 1.82) is 0 Å². The molecular weight excluding hydrogens is 222 g/mol. The minimum Gasteiger partial charge on any atom is -0.481 e. The van der Waals surface area contributed by atoms with E-state index >= 15 is 0 Å². The fourth-order valence-electron chi connectivity index (χ4n) is 0.906. The molecule has 0 aliphatic heterocycles. The van der Waals surface area contributed by atoms with E-state index in [0.717, 1.165) is 0 Å². The first kappa shape index (κ1) is 15.6. The van der Waals surface area contributed by atoms with Crippen molar-refractivity contribution in [1.82, 2.24) is 0 Å². The van der Waals surface area contributed by atoms with E-state index in [-0.39, 0.29) is 18.2 Å². The molecule has 0 fully saturated rings. The highest BCUT2D eigenvalue weighted by Gasteiger charge is 2.22. The Morgan fingerprint density at radius 3 is 2.00 bits per heavy atom. The highest BCUT2D eigenvalue weighted by molar-refractivity contribution is 6.01. The number of carbonyl (C=O) groups is 2. The predicted molar refractivity (Wildman–Crippen MR) is 64.8 cm³/mol. The lowest BCUT2D eigenvalue weighted by Crippen LogP contribution is -2.22. The third-order valence-corrected chi connectivity index (χ3v) is 1.78. The molecule has 5 nitrogen and oxygen atoms in total. The summed E-state index contributed by atoms with van der Waals surface area (Å²) in [5, 5.41) is 0. The van der Waals surface area contributed by atoms with Gasteiger partial charge in [0, 0.05) is 5.41 Å². The number of ether oxygens (including phenoxy) is 2. The second-order valence-corrected chi connectivity index (χ2v) is 4.48. The van der Waals surface area contributed by atoms with E-state index in [0.29, 0.717) is 13.2 Å². The molecule has 0 atom stereocenters. The number of hydrogen-bond donors (Lipinski definition) is 0. The zero-order chi connectivity index (χ0) is 13.5. The minimum atomic E-state index is -0.586. The molecule has 0 saturated heterocycles. The summed E-state index contributed by atoms with van der Waals surface area (Å²) >= 11 is 0. The normalized spacial score (nSPS) is 12.2. The molecule has 0 aromatic heterocycles. The second kappa shape index (κ2) is 7.04. The van der Waals surface area contributed by atoms with Crippen molar-refractivity contribution >= 4 is 17.8 Å². The van der Waals surface area contributed by atoms with Gasteiger partial charge >= 0.3 is 5.97 Å². The molecule has 98 valence electrons. The zero-order valence-electron chi connectivity index (χ0n) is 11.2. The topological polar surface area (TPSA) is 65.0 Å². The molecule has 0 aliphatic carbocycles. The van der Waals surface area contributed by atoms with Crippen molar-refractivity contribution < 1.29 is 19.1 Å². The van der Waals surface area contributed by atoms with Gasteiger partial charge in [0.2, 0.25) is 5.90 Å². The number of nitrogens with zero attached hydrogens (tertiary/aromatic N) is 1. The third-order valence-electron chi connectivity index (χ3n) is 1.78. The number of hydrogen-bond acceptors (Lipinski definition) is 4. The molecule has 0 unspecified atom stereocenters. The molecule has 17 heavy (non-hydrogen) atoms. The van der Waals surface area contributed by atoms with Crippen molar-refractivity contribution in [3.05, 3.63) is 0 Å². The number of aliphatic imine (C=N–C) groups is 1. The van der Waals surface area contributed by atoms with Crippen LogP contribution in [0.25, 0.3) is 0 Å². The van der Waals surface area contributed by atoms with Gasteiger partial charge in [-0.1, -0.05) is 20.8 Å². The van der Waals surface area contributed by atoms with Crippen LogP contribution in [0.15, 0.2) is 4.99 Å². The van der Waals surface area contributed by atoms with Crippen molar-refractivity contribution in [2.24, 2.45) is 10.4 Å². The van der Waals surface area contributed by atoms with Gasteiger partial charge in [0.05, 0.1) is 13.2 Å². The largest absolute Gasteiger partial charge is 0.481 e. The summed E-state index contributed by atoms with van der Waals surface area (Å²) in [4.78, 5) is 26.7. The number of amides is 1. The lowest BCUT2D eigenvalue weighted by atomic mass is 9.96. The first-order valence-electron chi connectivity index (χ1n) is 5.71. The molecule has 0 spiro atoms. The van der Waals surface area contributed by atoms with E-state index < -0.39 is 11.4 Å². The minimum absolute atomic E-state index is 0.108. The summed E-state index contributed by atoms with van der Waals surface area (Å²) in [6, 6.07) is 0. The van der Waals surface area contributed by atoms with Crippen molar-refractivity contribution in [2.75, 3.05) is 13.2 Å². The van der Waals surface area contributed by atoms with Gasteiger partial charge in [-0.15, -0.1) is 0 Å². The Hall–Kier alpha value is -1.39. The average Bonchev–Trinajstić information content (AvgIpc) is 2.16. The van der Waals surface area contributed by atoms with E-state index in [4.69, 9.17) is 9.47 Å². The maximum atomic E-state index is 11.7. The van der Waals surface area contributed by atoms with E-state index in [1.54, 1.807) is 34.6 Å². The summed E-state index contributed by atoms with van der Waals surface area (Å²) in [6.45, 7) is 9.41. The predicted octanol–water partition coefficient (Wildman–Crippen LogP) is 1.95. The molecule has 0 radical (unpaired) electrons. The Bertz CT molecular complexity index is 302. The van der Waals surface area contributed by atoms with E-state index in [9.17, 15) is 9.59 Å². The van der Waals surface area contributed by atoms with Crippen LogP contribution in [0.5, 0.6) is 0 Å². The number of rotatable bonds is 4. The maximum absolute atomic E-state index is 11.7. The fraction of sp³-hybridized carbons (Fsp3) is 0.750. The first-order chi connectivity index (χ1) is 7.81. The fourth-order valence-corrected chi connectivity index (χ4v) is 0.906. The molecule has 0 heterocycles. The zero-order valence-corrected chi connectivity index (χ0v) is 11.2. The maximum Gasteiger partial charge on any atom is 0.315 e. The van der Waals surface area contributed by atoms with Gasteiger partial charge in [0.15, 0.2) is 0 Å². The van der Waals surface area contributed by atoms with Gasteiger partial charge in [-0.25, -0.2) is 0 Å². The summed E-state index contributed by atoms with van der Waals surface area (Å²) in [6.07, 6.45) is -0.108. The van der Waals surface area contributed by atoms with Crippen LogP contribution in [0.4, 0.5) is 0 Å². The average molecular weight is 243 g/mol. The summed E-state index contributed by atoms with van der Waals surface area (Å²) < 4.78 is 9.93. The first-order valence-corrected chi connectivity index (χ1v) is 5.71. The Balaban J connectivity index is 4.67. The van der Waals surface area contributed by atoms with Gasteiger partial charge in [-0.2, -0.15) is 4.99 Å². The molecule has 0 aromatic carbocycles. The van der Waals surface area contributed by atoms with Crippen LogP contribution in [0, 0.1) is 5.41 Å². The van der Waals surface area contributed by atoms with Crippen LogP contribution >= 0.6 is 0 Å². The SMILES string of the molecule is CCOC(=O)C/C(=N/C(=O)C(C)(C)C)OCC. The third kappa shape index (κ3) is 6.71. The summed E-state index contributed by atoms with van der Waals surface area (Å²) in [5.74, 6) is -0.641. The van der Waals surface area contributed by atoms with E-state index in [2.05, 4.69) is 4.99 Å². The molecule has 0 N–H and O–H groups in total. The Morgan fingerprint density at radius 2 is 1.59 bits per heavy atom. The van der Waals surface area contributed by atoms with E-state index in [1.807, 2.05) is 0 Å². The standard InChI is InChI=1S/C12H21NO4/c1-6-16-9(8-10(14)17-7-2)13-11(15)12(3,4)5/h6-8H2,1-5H3/b13-9-. The second-order valence-electron chi connectivity index (χ2n) is 4.48. The molecule has 5 heteroatoms. The molecule has 0 bridgehead atoms. The quantitative estimate of drug-likeness (QED) is 0.430. The summed E-state index contributed by atoms with van der Waals surface area (Å²) in [7, 11) is 0. The van der Waals surface area contributed by atoms with Crippen LogP contribution in [0.1, 0.15) is 41.0 Å². The highest BCUT2D eigenvalue weighted by Crippen LogP contribution is 2.15. The smallest absolute Gasteiger partial charge is 0.315 e. The Morgan fingerprint density at radius 1 is 1.06 bits per heavy atom. The van der Waals surface area contributed by atoms with E-state index in [1.165, 1.54) is 0 Å². The molecule has 0 aliphatic rings. The Kier molecular flexibility index (Phi) is 6.46. The van der Waals surface area contributed by atoms with Crippen LogP contribution in [0.2, 0.25) is 0 Å². The van der Waals surface area contributed by atoms with Crippen LogP contribution < -0.4 is 0 Å².